The van der Waals surface area contributed by atoms with Gasteiger partial charge in [-0.15, -0.1) is 0 Å². The molecule has 3 rings (SSSR count). The minimum Gasteiger partial charge on any atom is -0.493 e. The summed E-state index contributed by atoms with van der Waals surface area (Å²) in [4.78, 5) is 0. The highest BCUT2D eigenvalue weighted by atomic mass is 16.5. The molecule has 1 aliphatic carbocycles. The molecule has 2 N–H and O–H groups in total. The first kappa shape index (κ1) is 17.8. The summed E-state index contributed by atoms with van der Waals surface area (Å²) in [6, 6.07) is 14.0. The van der Waals surface area contributed by atoms with Crippen LogP contribution in [0.3, 0.4) is 0 Å². The summed E-state index contributed by atoms with van der Waals surface area (Å²) in [7, 11) is 3.30. The Balaban J connectivity index is 1.63. The number of benzene rings is 2. The summed E-state index contributed by atoms with van der Waals surface area (Å²) in [6.07, 6.45) is 1.70. The van der Waals surface area contributed by atoms with E-state index < -0.39 is 6.10 Å². The Bertz CT molecular complexity index is 711. The van der Waals surface area contributed by atoms with Gasteiger partial charge in [0.2, 0.25) is 0 Å². The highest BCUT2D eigenvalue weighted by molar-refractivity contribution is 5.47. The molecule has 134 valence electrons. The van der Waals surface area contributed by atoms with Crippen molar-refractivity contribution in [3.8, 4) is 11.5 Å². The van der Waals surface area contributed by atoms with Gasteiger partial charge in [0.05, 0.1) is 20.3 Å². The number of nitrogens with one attached hydrogen (secondary N) is 1. The van der Waals surface area contributed by atoms with Crippen molar-refractivity contribution >= 4 is 0 Å². The third kappa shape index (κ3) is 3.80. The van der Waals surface area contributed by atoms with Crippen LogP contribution in [0, 0.1) is 12.3 Å². The van der Waals surface area contributed by atoms with Crippen molar-refractivity contribution in [3.63, 3.8) is 0 Å². The number of ether oxygens (including phenoxy) is 2. The quantitative estimate of drug-likeness (QED) is 0.770. The molecule has 0 aliphatic heterocycles. The van der Waals surface area contributed by atoms with Gasteiger partial charge >= 0.3 is 0 Å². The first-order valence-corrected chi connectivity index (χ1v) is 8.75. The maximum absolute atomic E-state index is 10.7. The fourth-order valence-electron chi connectivity index (χ4n) is 3.36. The molecule has 25 heavy (non-hydrogen) atoms. The maximum Gasteiger partial charge on any atom is 0.161 e. The van der Waals surface area contributed by atoms with Crippen molar-refractivity contribution in [2.75, 3.05) is 20.8 Å². The molecule has 1 fully saturated rings. The molecule has 4 nitrogen and oxygen atoms in total. The van der Waals surface area contributed by atoms with Gasteiger partial charge < -0.3 is 19.9 Å². The zero-order valence-electron chi connectivity index (χ0n) is 15.2. The summed E-state index contributed by atoms with van der Waals surface area (Å²) in [5, 5.41) is 14.3. The lowest BCUT2D eigenvalue weighted by molar-refractivity contribution is 0.0917. The molecule has 1 unspecified atom stereocenters. The van der Waals surface area contributed by atoms with Crippen LogP contribution >= 0.6 is 0 Å². The van der Waals surface area contributed by atoms with Gasteiger partial charge in [-0.2, -0.15) is 0 Å². The molecule has 0 heterocycles. The highest BCUT2D eigenvalue weighted by Gasteiger charge is 2.48. The zero-order chi connectivity index (χ0) is 17.9. The smallest absolute Gasteiger partial charge is 0.161 e. The van der Waals surface area contributed by atoms with E-state index in [-0.39, 0.29) is 5.41 Å². The average Bonchev–Trinajstić information content (AvgIpc) is 3.43. The van der Waals surface area contributed by atoms with E-state index >= 15 is 0 Å². The number of aliphatic hydroxyl groups is 1. The van der Waals surface area contributed by atoms with E-state index in [2.05, 4.69) is 12.2 Å². The van der Waals surface area contributed by atoms with Gasteiger partial charge in [0, 0.05) is 18.5 Å². The van der Waals surface area contributed by atoms with E-state index in [1.807, 2.05) is 42.5 Å². The SMILES string of the molecule is COc1cc(C)c(CNCC2(C(O)c3ccccc3)CC2)cc1OC. The molecule has 0 bridgehead atoms. The highest BCUT2D eigenvalue weighted by Crippen LogP contribution is 2.54. The van der Waals surface area contributed by atoms with Crippen LogP contribution in [0.5, 0.6) is 11.5 Å². The third-order valence-electron chi connectivity index (χ3n) is 5.22. The van der Waals surface area contributed by atoms with Gasteiger partial charge in [0.1, 0.15) is 0 Å². The lowest BCUT2D eigenvalue weighted by atomic mass is 9.92. The molecule has 0 radical (unpaired) electrons. The standard InChI is InChI=1S/C21H27NO3/c1-15-11-18(24-2)19(25-3)12-17(15)13-22-14-21(9-10-21)20(23)16-7-5-4-6-8-16/h4-8,11-12,20,22-23H,9-10,13-14H2,1-3H3. The van der Waals surface area contributed by atoms with Crippen LogP contribution in [-0.4, -0.2) is 25.9 Å². The second kappa shape index (κ2) is 7.46. The molecule has 2 aromatic carbocycles. The Hall–Kier alpha value is -2.04. The van der Waals surface area contributed by atoms with Crippen LogP contribution < -0.4 is 14.8 Å². The average molecular weight is 341 g/mol. The zero-order valence-corrected chi connectivity index (χ0v) is 15.2. The van der Waals surface area contributed by atoms with E-state index in [4.69, 9.17) is 9.47 Å². The summed E-state index contributed by atoms with van der Waals surface area (Å²) in [6.45, 7) is 3.62. The van der Waals surface area contributed by atoms with Crippen molar-refractivity contribution in [1.29, 1.82) is 0 Å². The molecule has 0 spiro atoms. The van der Waals surface area contributed by atoms with E-state index in [1.165, 1.54) is 11.1 Å². The monoisotopic (exact) mass is 341 g/mol. The fourth-order valence-corrected chi connectivity index (χ4v) is 3.36. The van der Waals surface area contributed by atoms with Crippen molar-refractivity contribution in [1.82, 2.24) is 5.32 Å². The summed E-state index contributed by atoms with van der Waals surface area (Å²) < 4.78 is 10.7. The van der Waals surface area contributed by atoms with Gasteiger partial charge in [0.15, 0.2) is 11.5 Å². The Morgan fingerprint density at radius 3 is 2.32 bits per heavy atom. The maximum atomic E-state index is 10.7. The number of aryl methyl sites for hydroxylation is 1. The predicted molar refractivity (Wildman–Crippen MR) is 99.1 cm³/mol. The van der Waals surface area contributed by atoms with Crippen LogP contribution in [0.2, 0.25) is 0 Å². The second-order valence-electron chi connectivity index (χ2n) is 6.91. The molecule has 0 amide bonds. The van der Waals surface area contributed by atoms with Crippen molar-refractivity contribution < 1.29 is 14.6 Å². The van der Waals surface area contributed by atoms with E-state index in [0.717, 1.165) is 43.0 Å². The first-order chi connectivity index (χ1) is 12.1. The van der Waals surface area contributed by atoms with Gasteiger partial charge in [-0.1, -0.05) is 30.3 Å². The van der Waals surface area contributed by atoms with Gasteiger partial charge in [0.25, 0.3) is 0 Å². The number of rotatable bonds is 8. The third-order valence-corrected chi connectivity index (χ3v) is 5.22. The van der Waals surface area contributed by atoms with Gasteiger partial charge in [-0.05, 0) is 48.6 Å². The number of methoxy groups -OCH3 is 2. The van der Waals surface area contributed by atoms with E-state index in [9.17, 15) is 5.11 Å². The first-order valence-electron chi connectivity index (χ1n) is 8.75. The van der Waals surface area contributed by atoms with Crippen molar-refractivity contribution in [3.05, 3.63) is 59.2 Å². The summed E-state index contributed by atoms with van der Waals surface area (Å²) in [5.41, 5.74) is 3.32. The molecular formula is C21H27NO3. The summed E-state index contributed by atoms with van der Waals surface area (Å²) >= 11 is 0. The molecule has 2 aromatic rings. The van der Waals surface area contributed by atoms with Crippen LogP contribution in [0.4, 0.5) is 0 Å². The van der Waals surface area contributed by atoms with E-state index in [1.54, 1.807) is 14.2 Å². The second-order valence-corrected chi connectivity index (χ2v) is 6.91. The molecule has 1 aliphatic rings. The molecule has 0 aromatic heterocycles. The molecule has 0 saturated heterocycles. The minimum atomic E-state index is -0.410. The largest absolute Gasteiger partial charge is 0.493 e. The Labute approximate surface area is 149 Å². The molecule has 1 saturated carbocycles. The van der Waals surface area contributed by atoms with Crippen LogP contribution in [-0.2, 0) is 6.54 Å². The number of aliphatic hydroxyl groups excluding tert-OH is 1. The van der Waals surface area contributed by atoms with Gasteiger partial charge in [-0.25, -0.2) is 0 Å². The van der Waals surface area contributed by atoms with Crippen molar-refractivity contribution in [2.45, 2.75) is 32.4 Å². The van der Waals surface area contributed by atoms with Crippen LogP contribution in [0.15, 0.2) is 42.5 Å². The molecule has 1 atom stereocenters. The lowest BCUT2D eigenvalue weighted by Gasteiger charge is -2.23. The minimum absolute atomic E-state index is 0.0359. The van der Waals surface area contributed by atoms with Crippen LogP contribution in [0.1, 0.15) is 35.6 Å². The van der Waals surface area contributed by atoms with Crippen molar-refractivity contribution in [2.24, 2.45) is 5.41 Å². The molecular weight excluding hydrogens is 314 g/mol. The van der Waals surface area contributed by atoms with E-state index in [0.29, 0.717) is 0 Å². The predicted octanol–water partition coefficient (Wildman–Crippen LogP) is 3.62. The molecule has 4 heteroatoms. The Morgan fingerprint density at radius 1 is 1.08 bits per heavy atom. The number of hydrogen-bond acceptors (Lipinski definition) is 4. The Morgan fingerprint density at radius 2 is 1.72 bits per heavy atom. The topological polar surface area (TPSA) is 50.7 Å². The lowest BCUT2D eigenvalue weighted by Crippen LogP contribution is -2.28. The normalized spacial score (nSPS) is 16.3. The summed E-state index contributed by atoms with van der Waals surface area (Å²) in [5.74, 6) is 1.50. The van der Waals surface area contributed by atoms with Crippen LogP contribution in [0.25, 0.3) is 0 Å². The fraction of sp³-hybridized carbons (Fsp3) is 0.429. The van der Waals surface area contributed by atoms with Gasteiger partial charge in [-0.3, -0.25) is 0 Å². The number of hydrogen-bond donors (Lipinski definition) is 2. The Kier molecular flexibility index (Phi) is 5.30.